The van der Waals surface area contributed by atoms with Gasteiger partial charge in [0.1, 0.15) is 0 Å². The molecular weight excluding hydrogens is 277 g/mol. The average molecular weight is 294 g/mol. The smallest absolute Gasteiger partial charge is 0.0624 e. The molecule has 1 nitrogen and oxygen atoms in total. The maximum Gasteiger partial charge on any atom is 0.0624 e. The number of rotatable bonds is 5. The van der Waals surface area contributed by atoms with Crippen LogP contribution in [0.3, 0.4) is 0 Å². The van der Waals surface area contributed by atoms with Gasteiger partial charge in [-0.25, -0.2) is 0 Å². The lowest BCUT2D eigenvalue weighted by Gasteiger charge is -2.15. The first kappa shape index (κ1) is 14.4. The van der Waals surface area contributed by atoms with Crippen molar-refractivity contribution >= 4 is 23.2 Å². The molecule has 0 aliphatic rings. The summed E-state index contributed by atoms with van der Waals surface area (Å²) in [4.78, 5) is 0. The van der Waals surface area contributed by atoms with Crippen LogP contribution in [-0.2, 0) is 6.42 Å². The zero-order chi connectivity index (χ0) is 13.7. The minimum absolute atomic E-state index is 0.358. The molecule has 0 aromatic heterocycles. The van der Waals surface area contributed by atoms with Gasteiger partial charge in [0.2, 0.25) is 0 Å². The van der Waals surface area contributed by atoms with Crippen molar-refractivity contribution in [1.29, 1.82) is 0 Å². The predicted molar refractivity (Wildman–Crippen MR) is 83.0 cm³/mol. The topological polar surface area (TPSA) is 26.0 Å². The largest absolute Gasteiger partial charge is 0.330 e. The molecule has 0 aliphatic carbocycles. The van der Waals surface area contributed by atoms with E-state index in [-0.39, 0.29) is 0 Å². The quantitative estimate of drug-likeness (QED) is 0.852. The molecule has 2 aromatic carbocycles. The molecule has 0 amide bonds. The fourth-order valence-corrected chi connectivity index (χ4v) is 2.63. The highest BCUT2D eigenvalue weighted by Gasteiger charge is 2.11. The minimum atomic E-state index is 0.358. The maximum atomic E-state index is 6.20. The lowest BCUT2D eigenvalue weighted by atomic mass is 9.92. The summed E-state index contributed by atoms with van der Waals surface area (Å²) in [6.07, 6.45) is 1.86. The summed E-state index contributed by atoms with van der Waals surface area (Å²) < 4.78 is 0. The van der Waals surface area contributed by atoms with Crippen LogP contribution in [0.15, 0.2) is 48.5 Å². The Balaban J connectivity index is 2.06. The molecule has 2 aromatic rings. The monoisotopic (exact) mass is 293 g/mol. The maximum absolute atomic E-state index is 6.20. The summed E-state index contributed by atoms with van der Waals surface area (Å²) in [6, 6.07) is 16.1. The first-order valence-corrected chi connectivity index (χ1v) is 7.16. The Bertz CT molecular complexity index is 526. The third-order valence-corrected chi connectivity index (χ3v) is 4.21. The Morgan fingerprint density at radius 1 is 0.947 bits per heavy atom. The van der Waals surface area contributed by atoms with Crippen molar-refractivity contribution in [1.82, 2.24) is 0 Å². The first-order valence-electron chi connectivity index (χ1n) is 6.40. The van der Waals surface area contributed by atoms with Gasteiger partial charge in [-0.3, -0.25) is 0 Å². The molecule has 2 rings (SSSR count). The van der Waals surface area contributed by atoms with E-state index in [1.54, 1.807) is 0 Å². The molecule has 0 fully saturated rings. The Kier molecular flexibility index (Phi) is 5.26. The Hall–Kier alpha value is -1.02. The van der Waals surface area contributed by atoms with Gasteiger partial charge in [-0.15, -0.1) is 0 Å². The second-order valence-corrected chi connectivity index (χ2v) is 5.38. The molecule has 1 unspecified atom stereocenters. The summed E-state index contributed by atoms with van der Waals surface area (Å²) >= 11 is 12.2. The van der Waals surface area contributed by atoms with E-state index in [1.807, 2.05) is 36.4 Å². The predicted octanol–water partition coefficient (Wildman–Crippen LogP) is 4.67. The molecule has 2 N–H and O–H groups in total. The molecule has 19 heavy (non-hydrogen) atoms. The number of aryl methyl sites for hydroxylation is 1. The van der Waals surface area contributed by atoms with Gasteiger partial charge in [-0.1, -0.05) is 65.7 Å². The molecule has 0 spiro atoms. The van der Waals surface area contributed by atoms with E-state index in [0.717, 1.165) is 18.4 Å². The lowest BCUT2D eigenvalue weighted by Crippen LogP contribution is -2.13. The standard InChI is InChI=1S/C16H17Cl2N/c17-15-8-4-7-13(16(15)18)9-10-14(11-19)12-5-2-1-3-6-12/h1-8,14H,9-11,19H2. The van der Waals surface area contributed by atoms with E-state index in [1.165, 1.54) is 5.56 Å². The summed E-state index contributed by atoms with van der Waals surface area (Å²) in [5.74, 6) is 0.358. The van der Waals surface area contributed by atoms with Crippen LogP contribution >= 0.6 is 23.2 Å². The van der Waals surface area contributed by atoms with E-state index in [4.69, 9.17) is 28.9 Å². The number of hydrogen-bond donors (Lipinski definition) is 1. The molecule has 0 saturated carbocycles. The molecular formula is C16H17Cl2N. The van der Waals surface area contributed by atoms with Crippen LogP contribution in [0.5, 0.6) is 0 Å². The van der Waals surface area contributed by atoms with Crippen LogP contribution in [0.4, 0.5) is 0 Å². The van der Waals surface area contributed by atoms with Crippen LogP contribution < -0.4 is 5.73 Å². The molecule has 100 valence electrons. The normalized spacial score (nSPS) is 12.4. The van der Waals surface area contributed by atoms with E-state index < -0.39 is 0 Å². The van der Waals surface area contributed by atoms with Crippen molar-refractivity contribution in [2.24, 2.45) is 5.73 Å². The lowest BCUT2D eigenvalue weighted by molar-refractivity contribution is 0.634. The van der Waals surface area contributed by atoms with Crippen LogP contribution in [0, 0.1) is 0 Å². The zero-order valence-electron chi connectivity index (χ0n) is 10.7. The summed E-state index contributed by atoms with van der Waals surface area (Å²) in [6.45, 7) is 0.641. The van der Waals surface area contributed by atoms with Crippen molar-refractivity contribution in [3.8, 4) is 0 Å². The molecule has 3 heteroatoms. The van der Waals surface area contributed by atoms with Crippen molar-refractivity contribution < 1.29 is 0 Å². The molecule has 0 bridgehead atoms. The molecule has 0 saturated heterocycles. The average Bonchev–Trinajstić information content (AvgIpc) is 2.45. The van der Waals surface area contributed by atoms with Crippen molar-refractivity contribution in [2.45, 2.75) is 18.8 Å². The summed E-state index contributed by atoms with van der Waals surface area (Å²) in [5.41, 5.74) is 8.25. The van der Waals surface area contributed by atoms with Crippen LogP contribution in [-0.4, -0.2) is 6.54 Å². The van der Waals surface area contributed by atoms with Gasteiger partial charge < -0.3 is 5.73 Å². The molecule has 0 radical (unpaired) electrons. The van der Waals surface area contributed by atoms with Crippen LogP contribution in [0.25, 0.3) is 0 Å². The van der Waals surface area contributed by atoms with Gasteiger partial charge in [-0.05, 0) is 42.5 Å². The Morgan fingerprint density at radius 3 is 2.37 bits per heavy atom. The number of hydrogen-bond acceptors (Lipinski definition) is 1. The number of halogens is 2. The fourth-order valence-electron chi connectivity index (χ4n) is 2.22. The van der Waals surface area contributed by atoms with Gasteiger partial charge in [0.25, 0.3) is 0 Å². The van der Waals surface area contributed by atoms with E-state index >= 15 is 0 Å². The third-order valence-electron chi connectivity index (χ3n) is 3.35. The SMILES string of the molecule is NCC(CCc1cccc(Cl)c1Cl)c1ccccc1. The van der Waals surface area contributed by atoms with Crippen molar-refractivity contribution in [3.05, 3.63) is 69.7 Å². The van der Waals surface area contributed by atoms with Crippen LogP contribution in [0.2, 0.25) is 10.0 Å². The van der Waals surface area contributed by atoms with E-state index in [0.29, 0.717) is 22.5 Å². The van der Waals surface area contributed by atoms with Gasteiger partial charge in [0, 0.05) is 0 Å². The van der Waals surface area contributed by atoms with Gasteiger partial charge in [0.05, 0.1) is 10.0 Å². The fraction of sp³-hybridized carbons (Fsp3) is 0.250. The molecule has 0 aliphatic heterocycles. The van der Waals surface area contributed by atoms with Crippen molar-refractivity contribution in [2.75, 3.05) is 6.54 Å². The second-order valence-electron chi connectivity index (χ2n) is 4.59. The highest BCUT2D eigenvalue weighted by Crippen LogP contribution is 2.28. The van der Waals surface area contributed by atoms with Gasteiger partial charge >= 0.3 is 0 Å². The van der Waals surface area contributed by atoms with Gasteiger partial charge in [0.15, 0.2) is 0 Å². The Morgan fingerprint density at radius 2 is 1.68 bits per heavy atom. The number of nitrogens with two attached hydrogens (primary N) is 1. The summed E-state index contributed by atoms with van der Waals surface area (Å²) in [7, 11) is 0. The van der Waals surface area contributed by atoms with Crippen molar-refractivity contribution in [3.63, 3.8) is 0 Å². The van der Waals surface area contributed by atoms with Crippen LogP contribution in [0.1, 0.15) is 23.5 Å². The van der Waals surface area contributed by atoms with E-state index in [9.17, 15) is 0 Å². The third kappa shape index (κ3) is 3.73. The second kappa shape index (κ2) is 6.95. The molecule has 0 heterocycles. The number of benzene rings is 2. The summed E-state index contributed by atoms with van der Waals surface area (Å²) in [5, 5.41) is 1.27. The minimum Gasteiger partial charge on any atom is -0.330 e. The highest BCUT2D eigenvalue weighted by atomic mass is 35.5. The zero-order valence-corrected chi connectivity index (χ0v) is 12.2. The van der Waals surface area contributed by atoms with Gasteiger partial charge in [-0.2, -0.15) is 0 Å². The Labute approximate surface area is 124 Å². The van der Waals surface area contributed by atoms with E-state index in [2.05, 4.69) is 12.1 Å². The molecule has 1 atom stereocenters. The first-order chi connectivity index (χ1) is 9.22. The highest BCUT2D eigenvalue weighted by molar-refractivity contribution is 6.42.